The minimum atomic E-state index is -0.0919. The van der Waals surface area contributed by atoms with Crippen LogP contribution < -0.4 is 10.6 Å². The van der Waals surface area contributed by atoms with Crippen LogP contribution in [0.1, 0.15) is 56.9 Å². The summed E-state index contributed by atoms with van der Waals surface area (Å²) in [7, 11) is 1.75. The fourth-order valence-corrected chi connectivity index (χ4v) is 2.82. The first kappa shape index (κ1) is 26.6. The van der Waals surface area contributed by atoms with Gasteiger partial charge in [0.05, 0.1) is 13.2 Å². The van der Waals surface area contributed by atoms with E-state index in [1.54, 1.807) is 7.05 Å². The Hall–Kier alpha value is -1.35. The number of benzene rings is 1. The second-order valence-corrected chi connectivity index (χ2v) is 6.49. The first-order chi connectivity index (χ1) is 13.2. The number of aliphatic hydroxyl groups excluding tert-OH is 1. The number of unbranched alkanes of at least 4 members (excludes halogenated alkanes) is 4. The van der Waals surface area contributed by atoms with Crippen molar-refractivity contribution in [2.24, 2.45) is 4.99 Å². The van der Waals surface area contributed by atoms with Crippen LogP contribution in [0.2, 0.25) is 0 Å². The lowest BCUT2D eigenvalue weighted by atomic mass is 10.0. The number of nitrogens with zero attached hydrogens (tertiary/aromatic N) is 1. The summed E-state index contributed by atoms with van der Waals surface area (Å²) in [6.07, 6.45) is 5.78. The lowest BCUT2D eigenvalue weighted by Gasteiger charge is -2.18. The third-order valence-electron chi connectivity index (χ3n) is 4.39. The Balaban J connectivity index is 0.00000729. The molecule has 0 aliphatic rings. The fourth-order valence-electron chi connectivity index (χ4n) is 2.82. The Labute approximate surface area is 186 Å². The van der Waals surface area contributed by atoms with Crippen molar-refractivity contribution in [2.45, 2.75) is 51.4 Å². The van der Waals surface area contributed by atoms with Crippen molar-refractivity contribution in [1.29, 1.82) is 0 Å². The standard InChI is InChI=1S/C21H35N3O3.HI/c1-3-27-20(26)14-10-5-4-6-11-15-23-21(22-2)24-16-19(17-25)18-12-8-7-9-13-18;/h7-9,12-13,19,25H,3-6,10-11,14-17H2,1-2H3,(H2,22,23,24);1H. The number of nitrogens with one attached hydrogen (secondary N) is 2. The average Bonchev–Trinajstić information content (AvgIpc) is 2.69. The smallest absolute Gasteiger partial charge is 0.305 e. The predicted octanol–water partition coefficient (Wildman–Crippen LogP) is 3.45. The minimum absolute atomic E-state index is 0. The molecule has 0 aliphatic heterocycles. The molecule has 1 atom stereocenters. The van der Waals surface area contributed by atoms with Crippen LogP contribution in [0, 0.1) is 0 Å². The van der Waals surface area contributed by atoms with Crippen molar-refractivity contribution >= 4 is 35.9 Å². The van der Waals surface area contributed by atoms with E-state index in [4.69, 9.17) is 4.74 Å². The lowest BCUT2D eigenvalue weighted by molar-refractivity contribution is -0.143. The molecule has 0 radical (unpaired) electrons. The maximum atomic E-state index is 11.2. The zero-order valence-electron chi connectivity index (χ0n) is 17.2. The van der Waals surface area contributed by atoms with Gasteiger partial charge in [-0.25, -0.2) is 0 Å². The summed E-state index contributed by atoms with van der Waals surface area (Å²) in [5, 5.41) is 16.2. The zero-order valence-corrected chi connectivity index (χ0v) is 19.5. The van der Waals surface area contributed by atoms with Crippen LogP contribution in [0.4, 0.5) is 0 Å². The Bertz CT molecular complexity index is 541. The molecule has 1 aromatic carbocycles. The summed E-state index contributed by atoms with van der Waals surface area (Å²) in [4.78, 5) is 15.5. The Morgan fingerprint density at radius 2 is 1.79 bits per heavy atom. The number of aliphatic hydroxyl groups is 1. The number of halogens is 1. The number of carbonyl (C=O) groups is 1. The molecule has 6 nitrogen and oxygen atoms in total. The molecule has 0 saturated carbocycles. The number of esters is 1. The molecule has 0 saturated heterocycles. The van der Waals surface area contributed by atoms with Crippen molar-refractivity contribution in [2.75, 3.05) is 33.4 Å². The van der Waals surface area contributed by atoms with Gasteiger partial charge in [-0.05, 0) is 25.3 Å². The summed E-state index contributed by atoms with van der Waals surface area (Å²) in [6.45, 7) is 3.88. The number of hydrogen-bond donors (Lipinski definition) is 3. The number of carbonyl (C=O) groups excluding carboxylic acids is 1. The summed E-state index contributed by atoms with van der Waals surface area (Å²) in [5.41, 5.74) is 1.12. The molecule has 0 amide bonds. The van der Waals surface area contributed by atoms with E-state index in [-0.39, 0.29) is 42.5 Å². The third-order valence-corrected chi connectivity index (χ3v) is 4.39. The van der Waals surface area contributed by atoms with Gasteiger partial charge < -0.3 is 20.5 Å². The summed E-state index contributed by atoms with van der Waals surface area (Å²) >= 11 is 0. The maximum Gasteiger partial charge on any atom is 0.305 e. The minimum Gasteiger partial charge on any atom is -0.466 e. The highest BCUT2D eigenvalue weighted by atomic mass is 127. The van der Waals surface area contributed by atoms with Crippen LogP contribution in [-0.2, 0) is 9.53 Å². The van der Waals surface area contributed by atoms with Gasteiger partial charge in [-0.1, -0.05) is 49.6 Å². The van der Waals surface area contributed by atoms with Crippen LogP contribution in [0.25, 0.3) is 0 Å². The topological polar surface area (TPSA) is 83.0 Å². The molecule has 0 heterocycles. The molecule has 160 valence electrons. The van der Waals surface area contributed by atoms with Gasteiger partial charge in [0.2, 0.25) is 0 Å². The highest BCUT2D eigenvalue weighted by Crippen LogP contribution is 2.13. The van der Waals surface area contributed by atoms with Gasteiger partial charge in [0.15, 0.2) is 5.96 Å². The van der Waals surface area contributed by atoms with Crippen molar-refractivity contribution < 1.29 is 14.6 Å². The van der Waals surface area contributed by atoms with Crippen LogP contribution in [0.5, 0.6) is 0 Å². The monoisotopic (exact) mass is 505 g/mol. The maximum absolute atomic E-state index is 11.2. The van der Waals surface area contributed by atoms with Crippen molar-refractivity contribution in [3.05, 3.63) is 35.9 Å². The van der Waals surface area contributed by atoms with Crippen molar-refractivity contribution in [1.82, 2.24) is 10.6 Å². The summed E-state index contributed by atoms with van der Waals surface area (Å²) < 4.78 is 4.92. The second-order valence-electron chi connectivity index (χ2n) is 6.49. The highest BCUT2D eigenvalue weighted by molar-refractivity contribution is 14.0. The molecule has 0 fully saturated rings. The Morgan fingerprint density at radius 1 is 1.11 bits per heavy atom. The van der Waals surface area contributed by atoms with Gasteiger partial charge in [-0.3, -0.25) is 9.79 Å². The quantitative estimate of drug-likeness (QED) is 0.126. The van der Waals surface area contributed by atoms with Gasteiger partial charge in [0.25, 0.3) is 0 Å². The first-order valence-electron chi connectivity index (χ1n) is 9.97. The Morgan fingerprint density at radius 3 is 2.43 bits per heavy atom. The van der Waals surface area contributed by atoms with E-state index < -0.39 is 0 Å². The largest absolute Gasteiger partial charge is 0.466 e. The normalized spacial score (nSPS) is 12.0. The van der Waals surface area contributed by atoms with E-state index in [2.05, 4.69) is 15.6 Å². The number of ether oxygens (including phenoxy) is 1. The van der Waals surface area contributed by atoms with Crippen LogP contribution >= 0.6 is 24.0 Å². The fraction of sp³-hybridized carbons (Fsp3) is 0.619. The number of aliphatic imine (C=N–C) groups is 1. The molecular formula is C21H36IN3O3. The molecule has 1 rings (SSSR count). The summed E-state index contributed by atoms with van der Waals surface area (Å²) in [5.74, 6) is 0.710. The molecule has 0 spiro atoms. The molecule has 0 aromatic heterocycles. The number of hydrogen-bond acceptors (Lipinski definition) is 4. The molecule has 7 heteroatoms. The van der Waals surface area contributed by atoms with Gasteiger partial charge in [-0.2, -0.15) is 0 Å². The molecule has 0 bridgehead atoms. The highest BCUT2D eigenvalue weighted by Gasteiger charge is 2.10. The zero-order chi connectivity index (χ0) is 19.7. The van der Waals surface area contributed by atoms with Crippen molar-refractivity contribution in [3.8, 4) is 0 Å². The molecule has 3 N–H and O–H groups in total. The predicted molar refractivity (Wildman–Crippen MR) is 125 cm³/mol. The Kier molecular flexibility index (Phi) is 16.9. The van der Waals surface area contributed by atoms with E-state index in [1.807, 2.05) is 37.3 Å². The molecule has 0 aliphatic carbocycles. The van der Waals surface area contributed by atoms with Gasteiger partial charge in [0, 0.05) is 32.5 Å². The van der Waals surface area contributed by atoms with Crippen LogP contribution in [0.15, 0.2) is 35.3 Å². The molecule has 1 aromatic rings. The number of rotatable bonds is 13. The lowest BCUT2D eigenvalue weighted by Crippen LogP contribution is -2.40. The van der Waals surface area contributed by atoms with Gasteiger partial charge in [0.1, 0.15) is 0 Å². The second kappa shape index (κ2) is 17.7. The SMILES string of the molecule is CCOC(=O)CCCCCCCNC(=NC)NCC(CO)c1ccccc1.I. The number of guanidine groups is 1. The first-order valence-corrected chi connectivity index (χ1v) is 9.97. The average molecular weight is 505 g/mol. The van der Waals surface area contributed by atoms with Gasteiger partial charge in [-0.15, -0.1) is 24.0 Å². The van der Waals surface area contributed by atoms with Crippen LogP contribution in [-0.4, -0.2) is 50.4 Å². The third kappa shape index (κ3) is 12.2. The van der Waals surface area contributed by atoms with E-state index >= 15 is 0 Å². The van der Waals surface area contributed by atoms with Crippen LogP contribution in [0.3, 0.4) is 0 Å². The van der Waals surface area contributed by atoms with E-state index in [1.165, 1.54) is 0 Å². The van der Waals surface area contributed by atoms with E-state index in [9.17, 15) is 9.90 Å². The molecule has 1 unspecified atom stereocenters. The summed E-state index contributed by atoms with van der Waals surface area (Å²) in [6, 6.07) is 10.00. The molecule has 28 heavy (non-hydrogen) atoms. The van der Waals surface area contributed by atoms with E-state index in [0.29, 0.717) is 19.6 Å². The van der Waals surface area contributed by atoms with E-state index in [0.717, 1.165) is 50.2 Å². The molecular weight excluding hydrogens is 469 g/mol. The van der Waals surface area contributed by atoms with Crippen molar-refractivity contribution in [3.63, 3.8) is 0 Å². The van der Waals surface area contributed by atoms with Gasteiger partial charge >= 0.3 is 5.97 Å².